The third kappa shape index (κ3) is 7.37. The molecular formula is C12H25NO2. The van der Waals surface area contributed by atoms with E-state index in [9.17, 15) is 4.79 Å². The average molecular weight is 215 g/mol. The van der Waals surface area contributed by atoms with E-state index in [4.69, 9.17) is 10.5 Å². The van der Waals surface area contributed by atoms with Gasteiger partial charge in [-0.15, -0.1) is 0 Å². The Morgan fingerprint density at radius 2 is 1.73 bits per heavy atom. The normalized spacial score (nSPS) is 14.7. The molecule has 3 heteroatoms. The van der Waals surface area contributed by atoms with E-state index >= 15 is 0 Å². The van der Waals surface area contributed by atoms with Crippen LogP contribution >= 0.6 is 0 Å². The van der Waals surface area contributed by atoms with Crippen LogP contribution in [0.5, 0.6) is 0 Å². The van der Waals surface area contributed by atoms with Crippen LogP contribution in [0, 0.1) is 0 Å². The molecule has 2 atom stereocenters. The highest BCUT2D eigenvalue weighted by molar-refractivity contribution is 5.75. The largest absolute Gasteiger partial charge is 0.462 e. The maximum Gasteiger partial charge on any atom is 0.323 e. The molecular weight excluding hydrogens is 190 g/mol. The lowest BCUT2D eigenvalue weighted by atomic mass is 10.1. The minimum absolute atomic E-state index is 0.00475. The van der Waals surface area contributed by atoms with E-state index in [0.717, 1.165) is 38.5 Å². The molecule has 0 amide bonds. The quantitative estimate of drug-likeness (QED) is 0.633. The summed E-state index contributed by atoms with van der Waals surface area (Å²) in [6.07, 6.45) is 5.94. The van der Waals surface area contributed by atoms with Crippen LogP contribution in [0.2, 0.25) is 0 Å². The molecule has 15 heavy (non-hydrogen) atoms. The van der Waals surface area contributed by atoms with Crippen molar-refractivity contribution in [2.24, 2.45) is 5.73 Å². The predicted octanol–water partition coefficient (Wildman–Crippen LogP) is 2.63. The van der Waals surface area contributed by atoms with Gasteiger partial charge in [-0.1, -0.05) is 39.5 Å². The Balaban J connectivity index is 3.70. The Bertz CT molecular complexity index is 171. The number of nitrogens with two attached hydrogens (primary N) is 1. The number of carbonyl (C=O) groups is 1. The molecule has 0 fully saturated rings. The maximum absolute atomic E-state index is 11.5. The molecule has 2 N–H and O–H groups in total. The second kappa shape index (κ2) is 8.72. The number of unbranched alkanes of at least 4 members (excludes halogenated alkanes) is 2. The number of esters is 1. The summed E-state index contributed by atoms with van der Waals surface area (Å²) in [4.78, 5) is 11.5. The first-order valence-corrected chi connectivity index (χ1v) is 6.07. The zero-order valence-electron chi connectivity index (χ0n) is 10.3. The van der Waals surface area contributed by atoms with Crippen molar-refractivity contribution in [3.8, 4) is 0 Å². The van der Waals surface area contributed by atoms with Crippen molar-refractivity contribution in [1.82, 2.24) is 0 Å². The van der Waals surface area contributed by atoms with Gasteiger partial charge in [0, 0.05) is 0 Å². The fourth-order valence-corrected chi connectivity index (χ4v) is 1.38. The number of carbonyl (C=O) groups excluding carboxylic acids is 1. The highest BCUT2D eigenvalue weighted by Gasteiger charge is 2.16. The van der Waals surface area contributed by atoms with Gasteiger partial charge >= 0.3 is 5.97 Å². The van der Waals surface area contributed by atoms with Crippen molar-refractivity contribution in [3.63, 3.8) is 0 Å². The summed E-state index contributed by atoms with van der Waals surface area (Å²) in [5.41, 5.74) is 5.71. The van der Waals surface area contributed by atoms with Gasteiger partial charge in [-0.3, -0.25) is 4.79 Å². The first kappa shape index (κ1) is 14.4. The lowest BCUT2D eigenvalue weighted by Gasteiger charge is -2.16. The van der Waals surface area contributed by atoms with E-state index in [1.807, 2.05) is 6.92 Å². The van der Waals surface area contributed by atoms with Gasteiger partial charge in [-0.05, 0) is 19.8 Å². The minimum atomic E-state index is -0.436. The monoisotopic (exact) mass is 215 g/mol. The van der Waals surface area contributed by atoms with Crippen molar-refractivity contribution in [2.75, 3.05) is 0 Å². The van der Waals surface area contributed by atoms with Crippen LogP contribution in [0.15, 0.2) is 0 Å². The SMILES string of the molecule is CCCCC(C)OC(=O)C(N)CCCC. The average Bonchev–Trinajstić information content (AvgIpc) is 2.22. The Kier molecular flexibility index (Phi) is 8.38. The van der Waals surface area contributed by atoms with E-state index in [0.29, 0.717) is 0 Å². The molecule has 0 rings (SSSR count). The van der Waals surface area contributed by atoms with Crippen molar-refractivity contribution in [2.45, 2.75) is 71.4 Å². The van der Waals surface area contributed by atoms with Gasteiger partial charge in [-0.2, -0.15) is 0 Å². The summed E-state index contributed by atoms with van der Waals surface area (Å²) in [7, 11) is 0. The van der Waals surface area contributed by atoms with Gasteiger partial charge in [0.05, 0.1) is 6.10 Å². The Hall–Kier alpha value is -0.570. The van der Waals surface area contributed by atoms with E-state index < -0.39 is 6.04 Å². The molecule has 0 aliphatic heterocycles. The van der Waals surface area contributed by atoms with Crippen molar-refractivity contribution >= 4 is 5.97 Å². The van der Waals surface area contributed by atoms with Crippen LogP contribution in [0.25, 0.3) is 0 Å². The van der Waals surface area contributed by atoms with Crippen molar-refractivity contribution in [3.05, 3.63) is 0 Å². The van der Waals surface area contributed by atoms with E-state index in [1.54, 1.807) is 0 Å². The standard InChI is InChI=1S/C12H25NO2/c1-4-6-8-10(3)15-12(14)11(13)9-7-5-2/h10-11H,4-9,13H2,1-3H3. The molecule has 0 aliphatic carbocycles. The fraction of sp³-hybridized carbons (Fsp3) is 0.917. The minimum Gasteiger partial charge on any atom is -0.462 e. The van der Waals surface area contributed by atoms with Gasteiger partial charge in [0.25, 0.3) is 0 Å². The van der Waals surface area contributed by atoms with Crippen molar-refractivity contribution < 1.29 is 9.53 Å². The topological polar surface area (TPSA) is 52.3 Å². The molecule has 90 valence electrons. The third-order valence-electron chi connectivity index (χ3n) is 2.45. The van der Waals surface area contributed by atoms with Crippen LogP contribution in [0.4, 0.5) is 0 Å². The van der Waals surface area contributed by atoms with Gasteiger partial charge in [0.1, 0.15) is 6.04 Å². The summed E-state index contributed by atoms with van der Waals surface area (Å²) in [6, 6.07) is -0.436. The molecule has 0 bridgehead atoms. The smallest absolute Gasteiger partial charge is 0.323 e. The molecule has 0 heterocycles. The second-order valence-electron chi connectivity index (χ2n) is 4.14. The third-order valence-corrected chi connectivity index (χ3v) is 2.45. The highest BCUT2D eigenvalue weighted by Crippen LogP contribution is 2.07. The molecule has 2 unspecified atom stereocenters. The predicted molar refractivity (Wildman–Crippen MR) is 62.6 cm³/mol. The molecule has 0 aromatic heterocycles. The van der Waals surface area contributed by atoms with Gasteiger partial charge in [0.15, 0.2) is 0 Å². The Morgan fingerprint density at radius 3 is 2.27 bits per heavy atom. The summed E-state index contributed by atoms with van der Waals surface area (Å²) in [5.74, 6) is -0.243. The number of ether oxygens (including phenoxy) is 1. The zero-order chi connectivity index (χ0) is 11.7. The van der Waals surface area contributed by atoms with Gasteiger partial charge in [-0.25, -0.2) is 0 Å². The van der Waals surface area contributed by atoms with E-state index in [2.05, 4.69) is 13.8 Å². The molecule has 0 spiro atoms. The highest BCUT2D eigenvalue weighted by atomic mass is 16.5. The molecule has 0 saturated heterocycles. The van der Waals surface area contributed by atoms with Gasteiger partial charge < -0.3 is 10.5 Å². The molecule has 0 aromatic rings. The van der Waals surface area contributed by atoms with Crippen LogP contribution in [-0.4, -0.2) is 18.1 Å². The number of rotatable bonds is 8. The summed E-state index contributed by atoms with van der Waals surface area (Å²) in [5, 5.41) is 0. The lowest BCUT2D eigenvalue weighted by molar-refractivity contribution is -0.150. The van der Waals surface area contributed by atoms with E-state index in [-0.39, 0.29) is 12.1 Å². The molecule has 0 radical (unpaired) electrons. The lowest BCUT2D eigenvalue weighted by Crippen LogP contribution is -2.34. The Morgan fingerprint density at radius 1 is 1.20 bits per heavy atom. The number of hydrogen-bond donors (Lipinski definition) is 1. The summed E-state index contributed by atoms with van der Waals surface area (Å²) in [6.45, 7) is 6.14. The van der Waals surface area contributed by atoms with Crippen LogP contribution in [0.3, 0.4) is 0 Å². The van der Waals surface area contributed by atoms with Gasteiger partial charge in [0.2, 0.25) is 0 Å². The first-order chi connectivity index (χ1) is 7.11. The first-order valence-electron chi connectivity index (χ1n) is 6.07. The Labute approximate surface area is 93.4 Å². The fourth-order valence-electron chi connectivity index (χ4n) is 1.38. The van der Waals surface area contributed by atoms with E-state index in [1.165, 1.54) is 0 Å². The van der Waals surface area contributed by atoms with Crippen LogP contribution < -0.4 is 5.73 Å². The van der Waals surface area contributed by atoms with Crippen molar-refractivity contribution in [1.29, 1.82) is 0 Å². The zero-order valence-corrected chi connectivity index (χ0v) is 10.3. The second-order valence-corrected chi connectivity index (χ2v) is 4.14. The maximum atomic E-state index is 11.5. The molecule has 0 aromatic carbocycles. The number of hydrogen-bond acceptors (Lipinski definition) is 3. The summed E-state index contributed by atoms with van der Waals surface area (Å²) >= 11 is 0. The molecule has 3 nitrogen and oxygen atoms in total. The molecule has 0 saturated carbocycles. The summed E-state index contributed by atoms with van der Waals surface area (Å²) < 4.78 is 5.25. The van der Waals surface area contributed by atoms with Crippen LogP contribution in [0.1, 0.15) is 59.3 Å². The van der Waals surface area contributed by atoms with Crippen LogP contribution in [-0.2, 0) is 9.53 Å². The molecule has 0 aliphatic rings.